The Hall–Kier alpha value is -2.04. The second-order valence-corrected chi connectivity index (χ2v) is 4.72. The minimum Gasteiger partial charge on any atom is -0.454 e. The van der Waals surface area contributed by atoms with Gasteiger partial charge in [0.25, 0.3) is 0 Å². The van der Waals surface area contributed by atoms with Gasteiger partial charge in [-0.3, -0.25) is 0 Å². The molecule has 4 nitrogen and oxygen atoms in total. The molecule has 2 aromatic rings. The molecule has 0 saturated carbocycles. The number of hydrogen-bond donors (Lipinski definition) is 2. The van der Waals surface area contributed by atoms with Crippen LogP contribution in [-0.2, 0) is 13.0 Å². The number of aliphatic hydroxyl groups excluding tert-OH is 1. The first-order valence-corrected chi connectivity index (χ1v) is 6.65. The summed E-state index contributed by atoms with van der Waals surface area (Å²) in [6.07, 6.45) is 0.801. The van der Waals surface area contributed by atoms with E-state index in [-0.39, 0.29) is 13.4 Å². The van der Waals surface area contributed by atoms with E-state index in [4.69, 9.17) is 15.2 Å². The van der Waals surface area contributed by atoms with E-state index in [9.17, 15) is 5.11 Å². The van der Waals surface area contributed by atoms with Gasteiger partial charge in [0.1, 0.15) is 0 Å². The van der Waals surface area contributed by atoms with Gasteiger partial charge in [0.2, 0.25) is 6.79 Å². The van der Waals surface area contributed by atoms with Crippen LogP contribution in [0.25, 0.3) is 11.1 Å². The molecule has 0 bridgehead atoms. The summed E-state index contributed by atoms with van der Waals surface area (Å²) in [5, 5.41) is 9.61. The lowest BCUT2D eigenvalue weighted by atomic mass is 9.93. The van der Waals surface area contributed by atoms with Gasteiger partial charge >= 0.3 is 0 Å². The molecule has 0 amide bonds. The third kappa shape index (κ3) is 2.24. The van der Waals surface area contributed by atoms with E-state index in [1.54, 1.807) is 0 Å². The van der Waals surface area contributed by atoms with Crippen LogP contribution in [0, 0.1) is 0 Å². The molecular weight excluding hydrogens is 254 g/mol. The lowest BCUT2D eigenvalue weighted by Crippen LogP contribution is -2.04. The maximum absolute atomic E-state index is 9.61. The number of benzene rings is 2. The van der Waals surface area contributed by atoms with Crippen molar-refractivity contribution < 1.29 is 14.6 Å². The van der Waals surface area contributed by atoms with Gasteiger partial charge in [-0.15, -0.1) is 0 Å². The molecule has 1 heterocycles. The van der Waals surface area contributed by atoms with Crippen molar-refractivity contribution in [2.75, 3.05) is 13.3 Å². The molecule has 0 aromatic heterocycles. The van der Waals surface area contributed by atoms with E-state index in [1.165, 1.54) is 5.56 Å². The Morgan fingerprint density at radius 3 is 2.50 bits per heavy atom. The van der Waals surface area contributed by atoms with Crippen molar-refractivity contribution in [2.24, 2.45) is 5.73 Å². The zero-order chi connectivity index (χ0) is 13.9. The maximum atomic E-state index is 9.61. The number of aliphatic hydroxyl groups is 1. The van der Waals surface area contributed by atoms with Gasteiger partial charge in [-0.25, -0.2) is 0 Å². The molecule has 0 saturated heterocycles. The van der Waals surface area contributed by atoms with Crippen molar-refractivity contribution in [3.8, 4) is 22.6 Å². The van der Waals surface area contributed by atoms with Crippen LogP contribution >= 0.6 is 0 Å². The Balaban J connectivity index is 2.14. The Morgan fingerprint density at radius 2 is 1.75 bits per heavy atom. The molecular formula is C16H17NO3. The number of rotatable bonds is 4. The van der Waals surface area contributed by atoms with Crippen LogP contribution in [0.15, 0.2) is 36.4 Å². The molecule has 2 aromatic carbocycles. The van der Waals surface area contributed by atoms with E-state index < -0.39 is 0 Å². The fraction of sp³-hybridized carbons (Fsp3) is 0.250. The molecule has 0 radical (unpaired) electrons. The molecule has 0 aliphatic carbocycles. The summed E-state index contributed by atoms with van der Waals surface area (Å²) >= 11 is 0. The summed E-state index contributed by atoms with van der Waals surface area (Å²) in [6, 6.07) is 11.9. The maximum Gasteiger partial charge on any atom is 0.231 e. The third-order valence-electron chi connectivity index (χ3n) is 3.49. The third-order valence-corrected chi connectivity index (χ3v) is 3.49. The average Bonchev–Trinajstić information content (AvgIpc) is 2.94. The van der Waals surface area contributed by atoms with Crippen LogP contribution in [0.3, 0.4) is 0 Å². The second-order valence-electron chi connectivity index (χ2n) is 4.72. The Kier molecular flexibility index (Phi) is 3.58. The summed E-state index contributed by atoms with van der Waals surface area (Å²) in [5.74, 6) is 1.41. The van der Waals surface area contributed by atoms with Crippen LogP contribution in [0.5, 0.6) is 11.5 Å². The summed E-state index contributed by atoms with van der Waals surface area (Å²) in [7, 11) is 0. The molecule has 3 N–H and O–H groups in total. The minimum atomic E-state index is -0.0388. The first kappa shape index (κ1) is 13.0. The van der Waals surface area contributed by atoms with Crippen LogP contribution < -0.4 is 15.2 Å². The number of hydrogen-bond acceptors (Lipinski definition) is 4. The largest absolute Gasteiger partial charge is 0.454 e. The molecule has 20 heavy (non-hydrogen) atoms. The monoisotopic (exact) mass is 271 g/mol. The molecule has 1 aliphatic heterocycles. The van der Waals surface area contributed by atoms with Gasteiger partial charge in [-0.05, 0) is 47.4 Å². The van der Waals surface area contributed by atoms with Crippen molar-refractivity contribution in [3.05, 3.63) is 47.5 Å². The SMILES string of the molecule is NCCc1ccccc1-c1cc2c(cc1CO)OCO2. The Labute approximate surface area is 117 Å². The number of nitrogens with two attached hydrogens (primary N) is 1. The molecule has 3 rings (SSSR count). The van der Waals surface area contributed by atoms with E-state index in [0.717, 1.165) is 28.9 Å². The summed E-state index contributed by atoms with van der Waals surface area (Å²) in [4.78, 5) is 0. The lowest BCUT2D eigenvalue weighted by molar-refractivity contribution is 0.174. The number of fused-ring (bicyclic) bond motifs is 1. The van der Waals surface area contributed by atoms with Gasteiger partial charge in [-0.2, -0.15) is 0 Å². The smallest absolute Gasteiger partial charge is 0.231 e. The van der Waals surface area contributed by atoms with E-state index >= 15 is 0 Å². The minimum absolute atomic E-state index is 0.0388. The molecule has 0 spiro atoms. The molecule has 0 unspecified atom stereocenters. The molecule has 0 atom stereocenters. The second kappa shape index (κ2) is 5.53. The standard InChI is InChI=1S/C16H17NO3/c17-6-5-11-3-1-2-4-13(11)14-8-16-15(19-10-20-16)7-12(14)9-18/h1-4,7-8,18H,5-6,9-10,17H2. The van der Waals surface area contributed by atoms with Crippen LogP contribution in [0.1, 0.15) is 11.1 Å². The van der Waals surface area contributed by atoms with Crippen LogP contribution in [0.4, 0.5) is 0 Å². The molecule has 1 aliphatic rings. The van der Waals surface area contributed by atoms with Crippen molar-refractivity contribution in [1.29, 1.82) is 0 Å². The van der Waals surface area contributed by atoms with Gasteiger partial charge < -0.3 is 20.3 Å². The quantitative estimate of drug-likeness (QED) is 0.893. The van der Waals surface area contributed by atoms with Crippen molar-refractivity contribution in [1.82, 2.24) is 0 Å². The van der Waals surface area contributed by atoms with E-state index in [0.29, 0.717) is 12.3 Å². The normalized spacial score (nSPS) is 12.7. The van der Waals surface area contributed by atoms with E-state index in [2.05, 4.69) is 6.07 Å². The highest BCUT2D eigenvalue weighted by molar-refractivity contribution is 5.74. The first-order chi connectivity index (χ1) is 9.83. The van der Waals surface area contributed by atoms with Gasteiger partial charge in [0.15, 0.2) is 11.5 Å². The number of ether oxygens (including phenoxy) is 2. The summed E-state index contributed by atoms with van der Waals surface area (Å²) in [5.41, 5.74) is 9.73. The van der Waals surface area contributed by atoms with Gasteiger partial charge in [0.05, 0.1) is 6.61 Å². The average molecular weight is 271 g/mol. The lowest BCUT2D eigenvalue weighted by Gasteiger charge is -2.13. The van der Waals surface area contributed by atoms with Crippen molar-refractivity contribution >= 4 is 0 Å². The topological polar surface area (TPSA) is 64.7 Å². The Morgan fingerprint density at radius 1 is 1.00 bits per heavy atom. The molecule has 104 valence electrons. The van der Waals surface area contributed by atoms with Gasteiger partial charge in [-0.1, -0.05) is 24.3 Å². The predicted molar refractivity (Wildman–Crippen MR) is 76.7 cm³/mol. The summed E-state index contributed by atoms with van der Waals surface area (Å²) in [6.45, 7) is 0.785. The fourth-order valence-electron chi connectivity index (χ4n) is 2.52. The van der Waals surface area contributed by atoms with Crippen molar-refractivity contribution in [3.63, 3.8) is 0 Å². The predicted octanol–water partition coefficient (Wildman–Crippen LogP) is 2.08. The molecule has 4 heteroatoms. The van der Waals surface area contributed by atoms with Gasteiger partial charge in [0, 0.05) is 0 Å². The highest BCUT2D eigenvalue weighted by atomic mass is 16.7. The van der Waals surface area contributed by atoms with Crippen LogP contribution in [0.2, 0.25) is 0 Å². The highest BCUT2D eigenvalue weighted by Crippen LogP contribution is 2.39. The zero-order valence-electron chi connectivity index (χ0n) is 11.1. The molecule has 0 fully saturated rings. The zero-order valence-corrected chi connectivity index (χ0v) is 11.1. The van der Waals surface area contributed by atoms with Crippen LogP contribution in [-0.4, -0.2) is 18.4 Å². The van der Waals surface area contributed by atoms with E-state index in [1.807, 2.05) is 30.3 Å². The Bertz CT molecular complexity index is 625. The summed E-state index contributed by atoms with van der Waals surface area (Å²) < 4.78 is 10.8. The first-order valence-electron chi connectivity index (χ1n) is 6.65. The highest BCUT2D eigenvalue weighted by Gasteiger charge is 2.18. The fourth-order valence-corrected chi connectivity index (χ4v) is 2.52. The van der Waals surface area contributed by atoms with Crippen molar-refractivity contribution in [2.45, 2.75) is 13.0 Å².